The summed E-state index contributed by atoms with van der Waals surface area (Å²) >= 11 is 7.16. The highest BCUT2D eigenvalue weighted by atomic mass is 79.9. The van der Waals surface area contributed by atoms with Crippen LogP contribution in [0.3, 0.4) is 0 Å². The second-order valence-electron chi connectivity index (χ2n) is 4.54. The van der Waals surface area contributed by atoms with Gasteiger partial charge in [0.2, 0.25) is 6.67 Å². The first-order chi connectivity index (χ1) is 6.24. The van der Waals surface area contributed by atoms with Crippen LogP contribution in [0.15, 0.2) is 0 Å². The van der Waals surface area contributed by atoms with Crippen molar-refractivity contribution < 1.29 is 8.97 Å². The lowest BCUT2D eigenvalue weighted by molar-refractivity contribution is -0.985. The first-order valence-corrected chi connectivity index (χ1v) is 7.31. The third kappa shape index (κ3) is 1.83. The van der Waals surface area contributed by atoms with Crippen LogP contribution in [0.5, 0.6) is 0 Å². The molecule has 2 bridgehead atoms. The molecule has 0 aliphatic carbocycles. The van der Waals surface area contributed by atoms with Crippen LogP contribution in [0.4, 0.5) is 0 Å². The van der Waals surface area contributed by atoms with E-state index in [4.69, 9.17) is 0 Å². The summed E-state index contributed by atoms with van der Waals surface area (Å²) in [7, 11) is 0. The van der Waals surface area contributed by atoms with Gasteiger partial charge in [0.1, 0.15) is 26.2 Å². The molecule has 0 N–H and O–H groups in total. The van der Waals surface area contributed by atoms with E-state index < -0.39 is 0 Å². The summed E-state index contributed by atoms with van der Waals surface area (Å²) in [6.07, 6.45) is 0. The topological polar surface area (TPSA) is 0 Å². The van der Waals surface area contributed by atoms with E-state index in [2.05, 4.69) is 31.9 Å². The first-order valence-electron chi connectivity index (χ1n) is 5.06. The van der Waals surface area contributed by atoms with Crippen LogP contribution < -0.4 is 0 Å². The van der Waals surface area contributed by atoms with E-state index in [9.17, 15) is 0 Å². The molecule has 0 aromatic rings. The second kappa shape index (κ2) is 3.80. The van der Waals surface area contributed by atoms with Crippen molar-refractivity contribution in [2.24, 2.45) is 0 Å². The van der Waals surface area contributed by atoms with Crippen LogP contribution >= 0.6 is 31.9 Å². The molecule has 0 spiro atoms. The Morgan fingerprint density at radius 3 is 1.46 bits per heavy atom. The van der Waals surface area contributed by atoms with Crippen molar-refractivity contribution in [3.05, 3.63) is 0 Å². The Kier molecular flexibility index (Phi) is 3.04. The number of alkyl halides is 2. The third-order valence-corrected chi connectivity index (χ3v) is 4.52. The molecule has 2 fully saturated rings. The molecule has 0 aromatic heterocycles. The molecule has 0 aromatic carbocycles. The smallest absolute Gasteiger partial charge is 0.208 e. The number of halogens is 2. The van der Waals surface area contributed by atoms with Crippen molar-refractivity contribution >= 4 is 31.9 Å². The van der Waals surface area contributed by atoms with Crippen LogP contribution in [0.25, 0.3) is 0 Å². The lowest BCUT2D eigenvalue weighted by atomic mass is 10.3. The molecule has 2 aliphatic heterocycles. The van der Waals surface area contributed by atoms with E-state index in [1.165, 1.54) is 65.6 Å². The maximum atomic E-state index is 3.58. The van der Waals surface area contributed by atoms with Crippen molar-refractivity contribution in [1.29, 1.82) is 0 Å². The fourth-order valence-electron chi connectivity index (χ4n) is 2.94. The summed E-state index contributed by atoms with van der Waals surface area (Å²) in [6, 6.07) is 0. The van der Waals surface area contributed by atoms with Gasteiger partial charge < -0.3 is 0 Å². The molecule has 0 amide bonds. The molecule has 2 aliphatic rings. The van der Waals surface area contributed by atoms with E-state index in [0.717, 1.165) is 0 Å². The second-order valence-corrected chi connectivity index (χ2v) is 6.13. The monoisotopic (exact) mass is 312 g/mol. The van der Waals surface area contributed by atoms with Crippen LogP contribution in [0, 0.1) is 0 Å². The van der Waals surface area contributed by atoms with Crippen molar-refractivity contribution in [1.82, 2.24) is 0 Å². The Balaban J connectivity index is 2.01. The van der Waals surface area contributed by atoms with Gasteiger partial charge in [0.25, 0.3) is 0 Å². The molecule has 2 rings (SSSR count). The summed E-state index contributed by atoms with van der Waals surface area (Å²) in [4.78, 5) is 0. The Bertz CT molecular complexity index is 168. The SMILES string of the molecule is BrCC[N+]12CC[N+](CCBr)(CC1)C2. The molecule has 0 saturated carbocycles. The zero-order valence-electron chi connectivity index (χ0n) is 8.01. The molecule has 2 saturated heterocycles. The molecular weight excluding hydrogens is 296 g/mol. The first kappa shape index (κ1) is 10.4. The molecule has 2 heterocycles. The van der Waals surface area contributed by atoms with Gasteiger partial charge in [0.15, 0.2) is 0 Å². The van der Waals surface area contributed by atoms with E-state index in [1.807, 2.05) is 0 Å². The van der Waals surface area contributed by atoms with Gasteiger partial charge in [0.05, 0.1) is 23.7 Å². The van der Waals surface area contributed by atoms with Crippen LogP contribution in [0.2, 0.25) is 0 Å². The summed E-state index contributed by atoms with van der Waals surface area (Å²) in [6.45, 7) is 9.73. The Morgan fingerprint density at radius 2 is 1.15 bits per heavy atom. The lowest BCUT2D eigenvalue weighted by Gasteiger charge is -2.26. The average Bonchev–Trinajstić information content (AvgIpc) is 2.61. The largest absolute Gasteiger partial charge is 0.267 e. The van der Waals surface area contributed by atoms with Crippen molar-refractivity contribution in [3.8, 4) is 0 Å². The number of quaternary nitrogens is 2. The molecule has 4 heteroatoms. The van der Waals surface area contributed by atoms with Crippen molar-refractivity contribution in [2.75, 3.05) is 56.6 Å². The Morgan fingerprint density at radius 1 is 0.769 bits per heavy atom. The molecule has 0 unspecified atom stereocenters. The van der Waals surface area contributed by atoms with Gasteiger partial charge in [-0.3, -0.25) is 8.97 Å². The van der Waals surface area contributed by atoms with E-state index >= 15 is 0 Å². The predicted octanol–water partition coefficient (Wildman–Crippen LogP) is 1.39. The Labute approximate surface area is 97.3 Å². The highest BCUT2D eigenvalue weighted by Crippen LogP contribution is 2.31. The summed E-state index contributed by atoms with van der Waals surface area (Å²) in [5, 5.41) is 2.34. The van der Waals surface area contributed by atoms with Gasteiger partial charge in [-0.15, -0.1) is 0 Å². The third-order valence-electron chi connectivity index (χ3n) is 3.82. The fraction of sp³-hybridized carbons (Fsp3) is 1.00. The normalized spacial score (nSPS) is 42.9. The number of hydrogen-bond donors (Lipinski definition) is 0. The van der Waals surface area contributed by atoms with Gasteiger partial charge in [-0.1, -0.05) is 31.9 Å². The maximum absolute atomic E-state index is 3.58. The van der Waals surface area contributed by atoms with Crippen LogP contribution in [0.1, 0.15) is 0 Å². The number of hydrogen-bond acceptors (Lipinski definition) is 0. The number of rotatable bonds is 4. The minimum Gasteiger partial charge on any atom is -0.267 e. The standard InChI is InChI=1S/C9H18Br2N2/c10-1-3-12-5-7-13(9-12,4-2-11)8-6-12/h1-9H2/q+2. The molecule has 0 atom stereocenters. The zero-order chi connectivity index (χ0) is 9.36. The number of nitrogens with zero attached hydrogens (tertiary/aromatic N) is 2. The zero-order valence-corrected chi connectivity index (χ0v) is 11.2. The van der Waals surface area contributed by atoms with E-state index in [-0.39, 0.29) is 0 Å². The molecule has 0 radical (unpaired) electrons. The summed E-state index contributed by atoms with van der Waals surface area (Å²) in [5.74, 6) is 0. The fourth-order valence-corrected chi connectivity index (χ4v) is 4.44. The summed E-state index contributed by atoms with van der Waals surface area (Å²) < 4.78 is 2.77. The predicted molar refractivity (Wildman–Crippen MR) is 62.2 cm³/mol. The van der Waals surface area contributed by atoms with Crippen LogP contribution in [-0.2, 0) is 0 Å². The Hall–Kier alpha value is 0.880. The minimum atomic E-state index is 1.17. The average molecular weight is 314 g/mol. The molecule has 76 valence electrons. The van der Waals surface area contributed by atoms with Crippen molar-refractivity contribution in [3.63, 3.8) is 0 Å². The highest BCUT2D eigenvalue weighted by Gasteiger charge is 2.54. The van der Waals surface area contributed by atoms with Crippen molar-refractivity contribution in [2.45, 2.75) is 0 Å². The van der Waals surface area contributed by atoms with Gasteiger partial charge in [-0.05, 0) is 0 Å². The molecule has 2 nitrogen and oxygen atoms in total. The van der Waals surface area contributed by atoms with Gasteiger partial charge in [-0.2, -0.15) is 0 Å². The van der Waals surface area contributed by atoms with Gasteiger partial charge >= 0.3 is 0 Å². The molecular formula is C9H18Br2N2+2. The van der Waals surface area contributed by atoms with Crippen LogP contribution in [-0.4, -0.2) is 65.6 Å². The highest BCUT2D eigenvalue weighted by molar-refractivity contribution is 9.09. The number of fused-ring (bicyclic) bond motifs is 2. The van der Waals surface area contributed by atoms with E-state index in [1.54, 1.807) is 0 Å². The minimum absolute atomic E-state index is 1.17. The maximum Gasteiger partial charge on any atom is 0.208 e. The van der Waals surface area contributed by atoms with Gasteiger partial charge in [-0.25, -0.2) is 0 Å². The lowest BCUT2D eigenvalue weighted by Crippen LogP contribution is -2.48. The van der Waals surface area contributed by atoms with E-state index in [0.29, 0.717) is 0 Å². The summed E-state index contributed by atoms with van der Waals surface area (Å²) in [5.41, 5.74) is 0. The molecule has 13 heavy (non-hydrogen) atoms. The van der Waals surface area contributed by atoms with Gasteiger partial charge in [0, 0.05) is 0 Å². The number of piperazine rings is 1. The quantitative estimate of drug-likeness (QED) is 0.543.